The molecular weight excluding hydrogens is 882 g/mol. The predicted molar refractivity (Wildman–Crippen MR) is 176 cm³/mol. The van der Waals surface area contributed by atoms with Crippen LogP contribution in [0.2, 0.25) is 0 Å². The molecule has 0 bridgehead atoms. The fourth-order valence-corrected chi connectivity index (χ4v) is 10.9. The van der Waals surface area contributed by atoms with Gasteiger partial charge in [0.05, 0.1) is 31.8 Å². The number of fused-ring (bicyclic) bond motifs is 2. The first-order valence-electron chi connectivity index (χ1n) is 14.9. The minimum Gasteiger partial charge on any atom is -0.778 e. The molecule has 0 saturated carbocycles. The molecule has 4 aromatic rings. The van der Waals surface area contributed by atoms with Gasteiger partial charge in [0.1, 0.15) is 55.3 Å². The molecule has 8 N–H and O–H groups in total. The van der Waals surface area contributed by atoms with Gasteiger partial charge in [0, 0.05) is 0 Å². The molecule has 2 fully saturated rings. The topological polar surface area (TPSA) is 387 Å². The summed E-state index contributed by atoms with van der Waals surface area (Å²) in [5.74, 6) is -1.93. The summed E-state index contributed by atoms with van der Waals surface area (Å²) < 4.78 is 64.4. The van der Waals surface area contributed by atoms with Gasteiger partial charge in [0.15, 0.2) is 53.3 Å². The number of aromatic nitrogens is 8. The summed E-state index contributed by atoms with van der Waals surface area (Å²) in [5.41, 5.74) is 12.4. The second-order valence-corrected chi connectivity index (χ2v) is 18.6. The first-order chi connectivity index (χ1) is 24.8. The van der Waals surface area contributed by atoms with Crippen molar-refractivity contribution < 1.29 is 160 Å². The predicted octanol–water partition coefficient (Wildman–Crippen LogP) is -11.9. The van der Waals surface area contributed by atoms with Gasteiger partial charge in [-0.15, -0.1) is 0 Å². The third-order valence-electron chi connectivity index (χ3n) is 7.85. The van der Waals surface area contributed by atoms with E-state index in [1.165, 1.54) is 21.8 Å². The van der Waals surface area contributed by atoms with Crippen molar-refractivity contribution in [2.45, 2.75) is 59.4 Å². The minimum absolute atomic E-state index is 0. The molecule has 3 unspecified atom stereocenters. The van der Waals surface area contributed by atoms with E-state index < -0.39 is 91.2 Å². The fourth-order valence-electron chi connectivity index (χ4n) is 5.39. The van der Waals surface area contributed by atoms with E-state index >= 15 is 0 Å². The Kier molecular flexibility index (Phi) is 18.4. The number of nitrogens with two attached hydrogens (primary N) is 2. The molecule has 4 aromatic heterocycles. The van der Waals surface area contributed by atoms with Crippen LogP contribution in [0.3, 0.4) is 0 Å². The number of thioether (sulfide) groups is 2. The third kappa shape index (κ3) is 11.2. The van der Waals surface area contributed by atoms with Crippen molar-refractivity contribution in [2.24, 2.45) is 0 Å². The van der Waals surface area contributed by atoms with E-state index in [1.54, 1.807) is 12.5 Å². The summed E-state index contributed by atoms with van der Waals surface area (Å²) in [6.07, 6.45) is -6.98. The van der Waals surface area contributed by atoms with Crippen LogP contribution < -0.4 is 115 Å². The van der Waals surface area contributed by atoms with Crippen molar-refractivity contribution in [1.82, 2.24) is 39.0 Å². The number of phosphoric acid groups is 1. The quantitative estimate of drug-likeness (QED) is 0.0296. The summed E-state index contributed by atoms with van der Waals surface area (Å²) in [6.45, 7) is -2.09. The second kappa shape index (κ2) is 20.2. The van der Waals surface area contributed by atoms with Crippen LogP contribution in [0.4, 0.5) is 11.6 Å². The molecular formula is C23H30N10Na3O15P3S2. The van der Waals surface area contributed by atoms with Gasteiger partial charge >= 0.3 is 88.7 Å². The Bertz CT molecular complexity index is 2020. The van der Waals surface area contributed by atoms with E-state index in [0.29, 0.717) is 0 Å². The number of nitrogens with zero attached hydrogens (tertiary/aromatic N) is 8. The van der Waals surface area contributed by atoms with Gasteiger partial charge in [-0.25, -0.2) is 29.9 Å². The first kappa shape index (κ1) is 51.0. The maximum atomic E-state index is 12.6. The third-order valence-corrected chi connectivity index (χ3v) is 14.5. The normalized spacial score (nSPS) is 28.2. The standard InChI is InChI=1S/C23H33N10O15P3S2.3Na/c1-52-22-28-16(24)10-18(30-22)32(5-26-10)20-14(36)12(34)8(46-20)3-44-49(38,39)7-50(40,41)48-51(42,43)45-4-9-13(35)15(37)21(47-9)33-6-27-11-17(25)29-23(53-2)31-19(11)33;;;/h5-6,8-9,12-15,20-21,34-37H,3-4,7H2,1-2H3,(H,38,39)(H,40,41)(H,42,43)(H2,24,28,30)(H2,25,29,31);;;/q;3*+1/p-3/t8-,9-,12-,13-,14-,15-,20-,21-;;;/m0.../s1. The number of aliphatic hydroxyl groups is 4. The van der Waals surface area contributed by atoms with Gasteiger partial charge in [-0.3, -0.25) is 18.0 Å². The largest absolute Gasteiger partial charge is 1.00 e. The number of phosphoric ester groups is 1. The van der Waals surface area contributed by atoms with E-state index in [1.807, 2.05) is 0 Å². The van der Waals surface area contributed by atoms with Gasteiger partial charge in [-0.2, -0.15) is 0 Å². The Balaban J connectivity index is 0.00000280. The van der Waals surface area contributed by atoms with Gasteiger partial charge in [-0.1, -0.05) is 23.5 Å². The van der Waals surface area contributed by atoms with Gasteiger partial charge in [-0.05, 0) is 12.5 Å². The van der Waals surface area contributed by atoms with Crippen LogP contribution in [0.1, 0.15) is 12.5 Å². The van der Waals surface area contributed by atoms with Crippen molar-refractivity contribution in [3.63, 3.8) is 0 Å². The number of ether oxygens (including phenoxy) is 2. The molecule has 0 spiro atoms. The average Bonchev–Trinajstić information content (AvgIpc) is 3.83. The molecule has 56 heavy (non-hydrogen) atoms. The second-order valence-electron chi connectivity index (χ2n) is 11.4. The van der Waals surface area contributed by atoms with Crippen LogP contribution in [0, 0.1) is 0 Å². The Morgan fingerprint density at radius 1 is 0.714 bits per heavy atom. The molecule has 0 radical (unpaired) electrons. The number of anilines is 2. The van der Waals surface area contributed by atoms with Crippen molar-refractivity contribution >= 4 is 80.5 Å². The average molecular weight is 913 g/mol. The van der Waals surface area contributed by atoms with Crippen molar-refractivity contribution in [2.75, 3.05) is 43.1 Å². The Hall–Kier alpha value is 0.610. The summed E-state index contributed by atoms with van der Waals surface area (Å²) in [7, 11) is -17.2. The molecule has 0 amide bonds. The van der Waals surface area contributed by atoms with E-state index in [-0.39, 0.29) is 133 Å². The molecule has 11 atom stereocenters. The number of nitrogen functional groups attached to an aromatic ring is 2. The minimum atomic E-state index is -5.86. The van der Waals surface area contributed by atoms with Gasteiger partial charge in [0.25, 0.3) is 7.82 Å². The Labute approximate surface area is 391 Å². The van der Waals surface area contributed by atoms with Crippen LogP contribution in [0.15, 0.2) is 23.0 Å². The van der Waals surface area contributed by atoms with Crippen molar-refractivity contribution in [3.05, 3.63) is 12.7 Å². The van der Waals surface area contributed by atoms with Crippen LogP contribution >= 0.6 is 46.5 Å². The van der Waals surface area contributed by atoms with Crippen LogP contribution in [-0.4, -0.2) is 128 Å². The molecule has 0 aromatic carbocycles. The smallest absolute Gasteiger partial charge is 0.778 e. The van der Waals surface area contributed by atoms with E-state index in [4.69, 9.17) is 25.5 Å². The van der Waals surface area contributed by atoms with Crippen LogP contribution in [0.5, 0.6) is 0 Å². The Morgan fingerprint density at radius 2 is 1.12 bits per heavy atom. The first-order valence-corrected chi connectivity index (χ1v) is 22.2. The van der Waals surface area contributed by atoms with Gasteiger partial charge < -0.3 is 74.2 Å². The van der Waals surface area contributed by atoms with Gasteiger partial charge in [0.2, 0.25) is 0 Å². The Morgan fingerprint density at radius 3 is 1.54 bits per heavy atom. The molecule has 2 aliphatic heterocycles. The molecule has 2 aliphatic rings. The summed E-state index contributed by atoms with van der Waals surface area (Å²) in [6, 6.07) is 0. The summed E-state index contributed by atoms with van der Waals surface area (Å²) in [5, 5.41) is 42.8. The molecule has 6 heterocycles. The zero-order valence-electron chi connectivity index (χ0n) is 30.1. The number of aliphatic hydroxyl groups excluding tert-OH is 4. The summed E-state index contributed by atoms with van der Waals surface area (Å²) >= 11 is 2.32. The number of rotatable bonds is 14. The zero-order valence-corrected chi connectivity index (χ0v) is 40.4. The molecule has 2 saturated heterocycles. The number of imidazole rings is 2. The molecule has 33 heteroatoms. The number of hydrogen-bond acceptors (Lipinski definition) is 25. The van der Waals surface area contributed by atoms with Crippen LogP contribution in [-0.2, 0) is 36.5 Å². The van der Waals surface area contributed by atoms with Crippen molar-refractivity contribution in [3.8, 4) is 0 Å². The SMILES string of the molecule is CSc1nc(N)c2ncn([C@H]3O[C@@H](COP(=O)([O-])CP(=O)([O-])OP(=O)([O-])OC[C@@H]4O[C@H](n5cnc6c(N)nc(SC)nc65)[C@@H](O)[C@H]4O)[C@H](O)[C@@H]3O)c2n1.[Na+].[Na+].[Na+]. The van der Waals surface area contributed by atoms with E-state index in [0.717, 1.165) is 23.5 Å². The number of hydrogen-bond donors (Lipinski definition) is 6. The van der Waals surface area contributed by atoms with E-state index in [9.17, 15) is 48.8 Å². The molecule has 6 rings (SSSR count). The fraction of sp³-hybridized carbons (Fsp3) is 0.565. The van der Waals surface area contributed by atoms with Crippen LogP contribution in [0.25, 0.3) is 22.3 Å². The van der Waals surface area contributed by atoms with E-state index in [2.05, 4.69) is 38.7 Å². The molecule has 0 aliphatic carbocycles. The zero-order chi connectivity index (χ0) is 38.6. The maximum absolute atomic E-state index is 12.6. The molecule has 292 valence electrons. The molecule has 25 nitrogen and oxygen atoms in total. The maximum Gasteiger partial charge on any atom is 1.00 e. The van der Waals surface area contributed by atoms with Crippen molar-refractivity contribution in [1.29, 1.82) is 0 Å². The monoisotopic (exact) mass is 912 g/mol. The summed E-state index contributed by atoms with van der Waals surface area (Å²) in [4.78, 5) is 62.3.